The molecule has 0 aromatic carbocycles. The van der Waals surface area contributed by atoms with Crippen LogP contribution in [0.4, 0.5) is 0 Å². The van der Waals surface area contributed by atoms with Crippen LogP contribution in [-0.2, 0) is 4.79 Å². The molecule has 0 bridgehead atoms. The molecule has 8 heteroatoms. The molecule has 0 saturated heterocycles. The Morgan fingerprint density at radius 3 is 2.90 bits per heavy atom. The van der Waals surface area contributed by atoms with Crippen molar-refractivity contribution in [3.05, 3.63) is 16.4 Å². The number of carbonyl (C=O) groups excluding carboxylic acids is 1. The summed E-state index contributed by atoms with van der Waals surface area (Å²) in [5.41, 5.74) is -0.324. The summed E-state index contributed by atoms with van der Waals surface area (Å²) >= 11 is 2.52. The summed E-state index contributed by atoms with van der Waals surface area (Å²) in [6.45, 7) is 5.74. The monoisotopic (exact) mass is 313 g/mol. The Morgan fingerprint density at radius 1 is 1.55 bits per heavy atom. The number of rotatable bonds is 3. The van der Waals surface area contributed by atoms with Gasteiger partial charge in [-0.2, -0.15) is 0 Å². The molecule has 2 rings (SSSR count). The lowest BCUT2D eigenvalue weighted by Gasteiger charge is -2.19. The Labute approximate surface area is 123 Å². The van der Waals surface area contributed by atoms with Crippen LogP contribution < -0.4 is 10.9 Å². The van der Waals surface area contributed by atoms with Crippen LogP contribution in [0, 0.1) is 0 Å². The number of nitrogens with zero attached hydrogens (tertiary/aromatic N) is 1. The summed E-state index contributed by atoms with van der Waals surface area (Å²) in [5.74, 6) is 0.0638. The molecule has 0 unspecified atom stereocenters. The van der Waals surface area contributed by atoms with Crippen LogP contribution >= 0.6 is 23.1 Å². The van der Waals surface area contributed by atoms with E-state index >= 15 is 0 Å². The fraction of sp³-hybridized carbons (Fsp3) is 0.417. The number of aromatic nitrogens is 2. The van der Waals surface area contributed by atoms with Gasteiger partial charge in [0.05, 0.1) is 5.75 Å². The SMILES string of the molecule is CC(C)(C)NC(=O)CSc1nc2[nH]c(=O)cc(O)c2s1. The number of hydrogen-bond donors (Lipinski definition) is 3. The van der Waals surface area contributed by atoms with E-state index in [1.807, 2.05) is 20.8 Å². The molecule has 0 aliphatic heterocycles. The highest BCUT2D eigenvalue weighted by Crippen LogP contribution is 2.32. The molecule has 108 valence electrons. The minimum absolute atomic E-state index is 0.0838. The molecule has 20 heavy (non-hydrogen) atoms. The first-order valence-corrected chi connectivity index (χ1v) is 7.71. The third-order valence-electron chi connectivity index (χ3n) is 2.19. The zero-order chi connectivity index (χ0) is 14.9. The van der Waals surface area contributed by atoms with E-state index in [1.54, 1.807) is 0 Å². The molecule has 2 aromatic rings. The van der Waals surface area contributed by atoms with Gasteiger partial charge < -0.3 is 15.4 Å². The van der Waals surface area contributed by atoms with Crippen molar-refractivity contribution in [1.82, 2.24) is 15.3 Å². The largest absolute Gasteiger partial charge is 0.506 e. The quantitative estimate of drug-likeness (QED) is 0.750. The number of amides is 1. The summed E-state index contributed by atoms with van der Waals surface area (Å²) in [5, 5.41) is 12.5. The van der Waals surface area contributed by atoms with Crippen molar-refractivity contribution in [2.45, 2.75) is 30.6 Å². The van der Waals surface area contributed by atoms with Crippen LogP contribution in [0.15, 0.2) is 15.2 Å². The Kier molecular flexibility index (Phi) is 4.05. The number of hydrogen-bond acceptors (Lipinski definition) is 6. The van der Waals surface area contributed by atoms with Gasteiger partial charge in [0.25, 0.3) is 5.56 Å². The molecule has 0 spiro atoms. The Morgan fingerprint density at radius 2 is 2.25 bits per heavy atom. The molecule has 1 amide bonds. The van der Waals surface area contributed by atoms with Gasteiger partial charge in [0.2, 0.25) is 5.91 Å². The summed E-state index contributed by atoms with van der Waals surface area (Å²) < 4.78 is 1.14. The predicted molar refractivity (Wildman–Crippen MR) is 80.5 cm³/mol. The third kappa shape index (κ3) is 3.73. The molecular weight excluding hydrogens is 298 g/mol. The summed E-state index contributed by atoms with van der Waals surface area (Å²) in [4.78, 5) is 29.7. The van der Waals surface area contributed by atoms with Crippen molar-refractivity contribution in [2.75, 3.05) is 5.75 Å². The molecular formula is C12H15N3O3S2. The molecule has 2 heterocycles. The van der Waals surface area contributed by atoms with Crippen LogP contribution in [0.3, 0.4) is 0 Å². The maximum absolute atomic E-state index is 11.7. The second-order valence-corrected chi connectivity index (χ2v) is 7.48. The van der Waals surface area contributed by atoms with Gasteiger partial charge in [-0.05, 0) is 20.8 Å². The van der Waals surface area contributed by atoms with E-state index in [1.165, 1.54) is 23.1 Å². The first-order chi connectivity index (χ1) is 9.24. The standard InChI is InChI=1S/C12H15N3O3S2/c1-12(2,3)15-8(18)5-19-11-14-10-9(20-11)6(16)4-7(17)13-10/h4H,5H2,1-3H3,(H,15,18)(H2,13,16,17). The molecule has 3 N–H and O–H groups in total. The van der Waals surface area contributed by atoms with E-state index in [4.69, 9.17) is 0 Å². The lowest BCUT2D eigenvalue weighted by atomic mass is 10.1. The zero-order valence-electron chi connectivity index (χ0n) is 11.3. The maximum Gasteiger partial charge on any atom is 0.253 e. The smallest absolute Gasteiger partial charge is 0.253 e. The van der Waals surface area contributed by atoms with Crippen molar-refractivity contribution in [2.24, 2.45) is 0 Å². The van der Waals surface area contributed by atoms with E-state index in [9.17, 15) is 14.7 Å². The highest BCUT2D eigenvalue weighted by atomic mass is 32.2. The Bertz CT molecular complexity index is 700. The fourth-order valence-electron chi connectivity index (χ4n) is 1.54. The van der Waals surface area contributed by atoms with Crippen LogP contribution in [-0.4, -0.2) is 32.3 Å². The van der Waals surface area contributed by atoms with Gasteiger partial charge in [-0.1, -0.05) is 11.8 Å². The number of carbonyl (C=O) groups is 1. The number of aromatic hydroxyl groups is 1. The number of thiazole rings is 1. The van der Waals surface area contributed by atoms with Gasteiger partial charge in [-0.3, -0.25) is 9.59 Å². The maximum atomic E-state index is 11.7. The molecule has 0 radical (unpaired) electrons. The van der Waals surface area contributed by atoms with Crippen LogP contribution in [0.5, 0.6) is 5.75 Å². The molecule has 0 saturated carbocycles. The zero-order valence-corrected chi connectivity index (χ0v) is 12.9. The van der Waals surface area contributed by atoms with Gasteiger partial charge in [0.15, 0.2) is 9.99 Å². The predicted octanol–water partition coefficient (Wildman–Crippen LogP) is 1.70. The number of aromatic amines is 1. The summed E-state index contributed by atoms with van der Waals surface area (Å²) in [6.07, 6.45) is 0. The van der Waals surface area contributed by atoms with Crippen LogP contribution in [0.25, 0.3) is 10.3 Å². The first kappa shape index (κ1) is 14.9. The van der Waals surface area contributed by atoms with Crippen molar-refractivity contribution in [3.63, 3.8) is 0 Å². The highest BCUT2D eigenvalue weighted by molar-refractivity contribution is 8.01. The summed E-state index contributed by atoms with van der Waals surface area (Å²) in [7, 11) is 0. The number of thioether (sulfide) groups is 1. The number of pyridine rings is 1. The fourth-order valence-corrected chi connectivity index (χ4v) is 3.36. The van der Waals surface area contributed by atoms with E-state index in [2.05, 4.69) is 15.3 Å². The molecule has 0 atom stereocenters. The van der Waals surface area contributed by atoms with E-state index < -0.39 is 5.56 Å². The van der Waals surface area contributed by atoms with E-state index in [-0.39, 0.29) is 22.9 Å². The third-order valence-corrected chi connectivity index (χ3v) is 4.41. The Hall–Kier alpha value is -1.54. The first-order valence-electron chi connectivity index (χ1n) is 5.91. The average molecular weight is 313 g/mol. The van der Waals surface area contributed by atoms with Gasteiger partial charge in [0, 0.05) is 11.6 Å². The van der Waals surface area contributed by atoms with Gasteiger partial charge in [0.1, 0.15) is 10.4 Å². The molecule has 2 aromatic heterocycles. The normalized spacial score (nSPS) is 11.8. The molecule has 0 fully saturated rings. The molecule has 0 aliphatic carbocycles. The highest BCUT2D eigenvalue weighted by Gasteiger charge is 2.15. The van der Waals surface area contributed by atoms with Crippen molar-refractivity contribution < 1.29 is 9.90 Å². The Balaban J connectivity index is 2.09. The molecule has 6 nitrogen and oxygen atoms in total. The van der Waals surface area contributed by atoms with Gasteiger partial charge in [-0.15, -0.1) is 11.3 Å². The van der Waals surface area contributed by atoms with Crippen LogP contribution in [0.1, 0.15) is 20.8 Å². The van der Waals surface area contributed by atoms with Crippen molar-refractivity contribution in [1.29, 1.82) is 0 Å². The average Bonchev–Trinajstić information content (AvgIpc) is 2.67. The van der Waals surface area contributed by atoms with Gasteiger partial charge >= 0.3 is 0 Å². The van der Waals surface area contributed by atoms with E-state index in [0.717, 1.165) is 6.07 Å². The minimum atomic E-state index is -0.401. The second-order valence-electron chi connectivity index (χ2n) is 5.26. The number of H-pyrrole nitrogens is 1. The lowest BCUT2D eigenvalue weighted by molar-refractivity contribution is -0.119. The number of nitrogens with one attached hydrogen (secondary N) is 2. The molecule has 0 aliphatic rings. The van der Waals surface area contributed by atoms with Crippen molar-refractivity contribution >= 4 is 39.4 Å². The van der Waals surface area contributed by atoms with E-state index in [0.29, 0.717) is 14.7 Å². The minimum Gasteiger partial charge on any atom is -0.506 e. The topological polar surface area (TPSA) is 95.1 Å². The van der Waals surface area contributed by atoms with Crippen molar-refractivity contribution in [3.8, 4) is 5.75 Å². The number of fused-ring (bicyclic) bond motifs is 1. The lowest BCUT2D eigenvalue weighted by Crippen LogP contribution is -2.41. The van der Waals surface area contributed by atoms with Crippen LogP contribution in [0.2, 0.25) is 0 Å². The summed E-state index contributed by atoms with van der Waals surface area (Å²) in [6, 6.07) is 1.11. The second kappa shape index (κ2) is 5.45. The van der Waals surface area contributed by atoms with Gasteiger partial charge in [-0.25, -0.2) is 4.98 Å².